The minimum absolute atomic E-state index is 0.0827. The SMILES string of the molecule is Cc1cccc(NC(=O)c2oc3ccc4c(c3c2C)C(=O)CC(C)(c2ccc(F)cc2)O4)c1C. The monoisotopic (exact) mass is 457 g/mol. The molecule has 0 saturated carbocycles. The molecule has 0 saturated heterocycles. The summed E-state index contributed by atoms with van der Waals surface area (Å²) in [4.78, 5) is 26.4. The minimum Gasteiger partial charge on any atom is -0.482 e. The van der Waals surface area contributed by atoms with Gasteiger partial charge in [0.2, 0.25) is 0 Å². The number of nitrogens with one attached hydrogen (secondary N) is 1. The number of hydrogen-bond donors (Lipinski definition) is 1. The first-order valence-corrected chi connectivity index (χ1v) is 11.1. The summed E-state index contributed by atoms with van der Waals surface area (Å²) in [7, 11) is 0. The van der Waals surface area contributed by atoms with Crippen molar-refractivity contribution < 1.29 is 23.1 Å². The molecule has 6 heteroatoms. The maximum Gasteiger partial charge on any atom is 0.291 e. The van der Waals surface area contributed by atoms with Crippen LogP contribution in [0.5, 0.6) is 5.75 Å². The Balaban J connectivity index is 1.54. The molecule has 1 aliphatic heterocycles. The number of fused-ring (bicyclic) bond motifs is 3. The Kier molecular flexibility index (Phi) is 5.04. The number of anilines is 1. The lowest BCUT2D eigenvalue weighted by molar-refractivity contribution is 0.0507. The summed E-state index contributed by atoms with van der Waals surface area (Å²) in [5, 5.41) is 3.50. The summed E-state index contributed by atoms with van der Waals surface area (Å²) in [6, 6.07) is 15.1. The minimum atomic E-state index is -0.925. The van der Waals surface area contributed by atoms with E-state index in [-0.39, 0.29) is 29.7 Å². The van der Waals surface area contributed by atoms with Gasteiger partial charge in [0.15, 0.2) is 11.5 Å². The van der Waals surface area contributed by atoms with Crippen molar-refractivity contribution in [2.75, 3.05) is 5.32 Å². The van der Waals surface area contributed by atoms with Crippen LogP contribution in [0.3, 0.4) is 0 Å². The van der Waals surface area contributed by atoms with Gasteiger partial charge >= 0.3 is 0 Å². The largest absolute Gasteiger partial charge is 0.482 e. The van der Waals surface area contributed by atoms with Gasteiger partial charge in [-0.1, -0.05) is 24.3 Å². The smallest absolute Gasteiger partial charge is 0.291 e. The number of amides is 1. The third kappa shape index (κ3) is 3.46. The highest BCUT2D eigenvalue weighted by Gasteiger charge is 2.40. The Labute approximate surface area is 196 Å². The number of benzene rings is 3. The van der Waals surface area contributed by atoms with Crippen molar-refractivity contribution in [3.63, 3.8) is 0 Å². The fraction of sp³-hybridized carbons (Fsp3) is 0.214. The van der Waals surface area contributed by atoms with Gasteiger partial charge in [-0.2, -0.15) is 0 Å². The van der Waals surface area contributed by atoms with Crippen LogP contribution in [0.25, 0.3) is 11.0 Å². The Bertz CT molecular complexity index is 1470. The van der Waals surface area contributed by atoms with Gasteiger partial charge in [0.25, 0.3) is 5.91 Å². The molecule has 0 radical (unpaired) electrons. The van der Waals surface area contributed by atoms with Crippen molar-refractivity contribution in [2.45, 2.75) is 39.7 Å². The molecule has 0 fully saturated rings. The van der Waals surface area contributed by atoms with Crippen molar-refractivity contribution in [1.29, 1.82) is 0 Å². The first kappa shape index (κ1) is 21.9. The van der Waals surface area contributed by atoms with Crippen LogP contribution in [-0.4, -0.2) is 11.7 Å². The molecular formula is C28H24FNO4. The molecule has 0 aliphatic carbocycles. The van der Waals surface area contributed by atoms with Crippen molar-refractivity contribution in [2.24, 2.45) is 0 Å². The number of ether oxygens (including phenoxy) is 1. The van der Waals surface area contributed by atoms with E-state index >= 15 is 0 Å². The highest BCUT2D eigenvalue weighted by atomic mass is 19.1. The number of furan rings is 1. The molecule has 1 unspecified atom stereocenters. The molecule has 1 atom stereocenters. The van der Waals surface area contributed by atoms with E-state index in [2.05, 4.69) is 5.32 Å². The molecule has 0 bridgehead atoms. The van der Waals surface area contributed by atoms with E-state index < -0.39 is 5.60 Å². The number of aryl methyl sites for hydroxylation is 2. The van der Waals surface area contributed by atoms with Crippen LogP contribution >= 0.6 is 0 Å². The van der Waals surface area contributed by atoms with Gasteiger partial charge in [0, 0.05) is 16.6 Å². The third-order valence-corrected chi connectivity index (χ3v) is 6.68. The van der Waals surface area contributed by atoms with Gasteiger partial charge in [0.1, 0.15) is 22.8 Å². The van der Waals surface area contributed by atoms with E-state index in [9.17, 15) is 14.0 Å². The van der Waals surface area contributed by atoms with Crippen LogP contribution in [0.15, 0.2) is 59.0 Å². The molecule has 1 aromatic heterocycles. The number of ketones is 1. The Hall–Kier alpha value is -3.93. The standard InChI is InChI=1S/C28H24FNO4/c1-15-6-5-7-20(16(15)2)30-27(32)26-17(3)24-22(33-26)12-13-23-25(24)21(31)14-28(4,34-23)18-8-10-19(29)11-9-18/h5-13H,14H2,1-4H3,(H,30,32). The molecule has 3 aromatic carbocycles. The molecule has 4 aromatic rings. The van der Waals surface area contributed by atoms with Gasteiger partial charge < -0.3 is 14.5 Å². The van der Waals surface area contributed by atoms with Crippen molar-refractivity contribution in [1.82, 2.24) is 0 Å². The molecule has 1 N–H and O–H groups in total. The normalized spacial score (nSPS) is 17.4. The van der Waals surface area contributed by atoms with Crippen molar-refractivity contribution in [3.8, 4) is 5.75 Å². The summed E-state index contributed by atoms with van der Waals surface area (Å²) >= 11 is 0. The fourth-order valence-corrected chi connectivity index (χ4v) is 4.60. The maximum atomic E-state index is 13.4. The van der Waals surface area contributed by atoms with E-state index in [0.717, 1.165) is 11.1 Å². The number of carbonyl (C=O) groups excluding carboxylic acids is 2. The number of rotatable bonds is 3. The summed E-state index contributed by atoms with van der Waals surface area (Å²) < 4.78 is 25.6. The quantitative estimate of drug-likeness (QED) is 0.375. The molecule has 5 rings (SSSR count). The zero-order valence-electron chi connectivity index (χ0n) is 19.4. The molecule has 0 spiro atoms. The predicted molar refractivity (Wildman–Crippen MR) is 128 cm³/mol. The molecule has 1 aliphatic rings. The second kappa shape index (κ2) is 7.83. The van der Waals surface area contributed by atoms with Crippen molar-refractivity contribution >= 4 is 28.3 Å². The van der Waals surface area contributed by atoms with Gasteiger partial charge in [-0.3, -0.25) is 9.59 Å². The van der Waals surface area contributed by atoms with E-state index in [1.807, 2.05) is 39.0 Å². The third-order valence-electron chi connectivity index (χ3n) is 6.68. The number of halogens is 1. The molecule has 172 valence electrons. The summed E-state index contributed by atoms with van der Waals surface area (Å²) in [6.45, 7) is 7.51. The average molecular weight is 458 g/mol. The Morgan fingerprint density at radius 1 is 1.00 bits per heavy atom. The van der Waals surface area contributed by atoms with Gasteiger partial charge in [-0.25, -0.2) is 4.39 Å². The van der Waals surface area contributed by atoms with Crippen LogP contribution in [0.1, 0.15) is 56.5 Å². The van der Waals surface area contributed by atoms with E-state index in [4.69, 9.17) is 9.15 Å². The second-order valence-corrected chi connectivity index (χ2v) is 9.01. The highest BCUT2D eigenvalue weighted by molar-refractivity contribution is 6.15. The summed E-state index contributed by atoms with van der Waals surface area (Å²) in [6.07, 6.45) is 0.0827. The molecule has 34 heavy (non-hydrogen) atoms. The first-order chi connectivity index (χ1) is 16.2. The Morgan fingerprint density at radius 3 is 2.47 bits per heavy atom. The summed E-state index contributed by atoms with van der Waals surface area (Å²) in [5.41, 5.74) is 3.98. The average Bonchev–Trinajstić information content (AvgIpc) is 3.13. The van der Waals surface area contributed by atoms with Crippen LogP contribution in [0.4, 0.5) is 10.1 Å². The lowest BCUT2D eigenvalue weighted by atomic mass is 9.84. The highest BCUT2D eigenvalue weighted by Crippen LogP contribution is 2.44. The van der Waals surface area contributed by atoms with E-state index in [0.29, 0.717) is 39.1 Å². The van der Waals surface area contributed by atoms with E-state index in [1.54, 1.807) is 31.2 Å². The van der Waals surface area contributed by atoms with Crippen molar-refractivity contribution in [3.05, 3.63) is 94.0 Å². The zero-order valence-corrected chi connectivity index (χ0v) is 19.4. The molecular weight excluding hydrogens is 433 g/mol. The number of hydrogen-bond acceptors (Lipinski definition) is 4. The molecule has 5 nitrogen and oxygen atoms in total. The van der Waals surface area contributed by atoms with Crippen LogP contribution in [0, 0.1) is 26.6 Å². The van der Waals surface area contributed by atoms with Gasteiger partial charge in [0.05, 0.1) is 12.0 Å². The first-order valence-electron chi connectivity index (χ1n) is 11.1. The number of carbonyl (C=O) groups is 2. The second-order valence-electron chi connectivity index (χ2n) is 9.01. The Morgan fingerprint density at radius 2 is 1.74 bits per heavy atom. The lowest BCUT2D eigenvalue weighted by Crippen LogP contribution is -2.36. The number of Topliss-reactive ketones (excluding diaryl/α,β-unsaturated/α-hetero) is 1. The lowest BCUT2D eigenvalue weighted by Gasteiger charge is -2.35. The maximum absolute atomic E-state index is 13.4. The van der Waals surface area contributed by atoms with Crippen LogP contribution < -0.4 is 10.1 Å². The van der Waals surface area contributed by atoms with Gasteiger partial charge in [-0.05, 0) is 74.7 Å². The molecule has 1 amide bonds. The van der Waals surface area contributed by atoms with Crippen LogP contribution in [-0.2, 0) is 5.60 Å². The van der Waals surface area contributed by atoms with Gasteiger partial charge in [-0.15, -0.1) is 0 Å². The predicted octanol–water partition coefficient (Wildman–Crippen LogP) is 6.63. The van der Waals surface area contributed by atoms with E-state index in [1.165, 1.54) is 12.1 Å². The summed E-state index contributed by atoms with van der Waals surface area (Å²) in [5.74, 6) is -0.275. The zero-order chi connectivity index (χ0) is 24.2. The van der Waals surface area contributed by atoms with Crippen LogP contribution in [0.2, 0.25) is 0 Å². The topological polar surface area (TPSA) is 68.5 Å². The fourth-order valence-electron chi connectivity index (χ4n) is 4.60. The molecule has 2 heterocycles.